The Morgan fingerprint density at radius 2 is 1.94 bits per heavy atom. The van der Waals surface area contributed by atoms with Gasteiger partial charge in [-0.3, -0.25) is 4.79 Å². The van der Waals surface area contributed by atoms with Crippen molar-refractivity contribution in [1.29, 1.82) is 0 Å². The van der Waals surface area contributed by atoms with E-state index in [1.54, 1.807) is 30.3 Å². The Morgan fingerprint density at radius 1 is 1.12 bits per heavy atom. The normalized spacial score (nSPS) is 18.0. The van der Waals surface area contributed by atoms with Crippen LogP contribution in [0.4, 0.5) is 5.82 Å². The van der Waals surface area contributed by atoms with Crippen molar-refractivity contribution in [2.75, 3.05) is 24.5 Å². The molecular formula is C21H21N7O3S. The molecule has 3 aromatic heterocycles. The van der Waals surface area contributed by atoms with E-state index in [1.165, 1.54) is 6.33 Å². The van der Waals surface area contributed by atoms with E-state index in [1.807, 2.05) is 17.2 Å². The summed E-state index contributed by atoms with van der Waals surface area (Å²) >= 11 is 0. The summed E-state index contributed by atoms with van der Waals surface area (Å²) in [5.74, 6) is 0.523. The lowest BCUT2D eigenvalue weighted by Crippen LogP contribution is -2.57. The van der Waals surface area contributed by atoms with Gasteiger partial charge in [0.1, 0.15) is 23.5 Å². The van der Waals surface area contributed by atoms with Crippen LogP contribution in [0.2, 0.25) is 0 Å². The van der Waals surface area contributed by atoms with Crippen molar-refractivity contribution in [1.82, 2.24) is 23.8 Å². The van der Waals surface area contributed by atoms with E-state index < -0.39 is 10.2 Å². The van der Waals surface area contributed by atoms with Gasteiger partial charge in [0.05, 0.1) is 16.4 Å². The van der Waals surface area contributed by atoms with Gasteiger partial charge in [0, 0.05) is 31.2 Å². The number of nitrogens with zero attached hydrogens (tertiary/aromatic N) is 5. The van der Waals surface area contributed by atoms with E-state index in [9.17, 15) is 13.2 Å². The van der Waals surface area contributed by atoms with Gasteiger partial charge in [0.2, 0.25) is 0 Å². The first-order valence-corrected chi connectivity index (χ1v) is 11.9. The third kappa shape index (κ3) is 2.81. The highest BCUT2D eigenvalue weighted by atomic mass is 32.2. The number of hydrogen-bond acceptors (Lipinski definition) is 6. The summed E-state index contributed by atoms with van der Waals surface area (Å²) in [6.07, 6.45) is 5.08. The van der Waals surface area contributed by atoms with Crippen LogP contribution in [0.15, 0.2) is 48.9 Å². The van der Waals surface area contributed by atoms with Crippen LogP contribution in [0.25, 0.3) is 21.9 Å². The average Bonchev–Trinajstić information content (AvgIpc) is 3.21. The van der Waals surface area contributed by atoms with Crippen LogP contribution in [0.5, 0.6) is 0 Å². The zero-order chi connectivity index (χ0) is 22.1. The van der Waals surface area contributed by atoms with Gasteiger partial charge in [-0.2, -0.15) is 8.42 Å². The number of fused-ring (bicyclic) bond motifs is 2. The first-order chi connectivity index (χ1) is 15.4. The Kier molecular flexibility index (Phi) is 3.93. The summed E-state index contributed by atoms with van der Waals surface area (Å²) in [5.41, 5.74) is 0.903. The number of aromatic amines is 1. The SMILES string of the molecule is NS(=O)(=O)n1c(C(=O)N2CCN(c3ncnc4[nH]ccc34)CC23CC3)cc2ccccc21. The second-order valence-corrected chi connectivity index (χ2v) is 9.83. The lowest BCUT2D eigenvalue weighted by Gasteiger charge is -2.42. The molecule has 11 heteroatoms. The van der Waals surface area contributed by atoms with Gasteiger partial charge in [-0.05, 0) is 31.0 Å². The molecule has 4 aromatic rings. The van der Waals surface area contributed by atoms with Crippen molar-refractivity contribution in [2.45, 2.75) is 18.4 Å². The molecule has 3 N–H and O–H groups in total. The highest BCUT2D eigenvalue weighted by Gasteiger charge is 2.54. The van der Waals surface area contributed by atoms with Crippen LogP contribution >= 0.6 is 0 Å². The monoisotopic (exact) mass is 451 g/mol. The number of hydrogen-bond donors (Lipinski definition) is 2. The minimum absolute atomic E-state index is 0.0727. The van der Waals surface area contributed by atoms with Crippen LogP contribution in [-0.4, -0.2) is 63.3 Å². The second kappa shape index (κ2) is 6.53. The van der Waals surface area contributed by atoms with E-state index in [0.29, 0.717) is 30.5 Å². The Bertz CT molecular complexity index is 1490. The maximum Gasteiger partial charge on any atom is 0.303 e. The van der Waals surface area contributed by atoms with Crippen molar-refractivity contribution in [2.24, 2.45) is 5.14 Å². The van der Waals surface area contributed by atoms with Crippen LogP contribution in [0.3, 0.4) is 0 Å². The molecule has 6 rings (SSSR count). The predicted molar refractivity (Wildman–Crippen MR) is 120 cm³/mol. The molecule has 1 aliphatic heterocycles. The standard InChI is InChI=1S/C21H21N7O3S/c22-32(30,31)28-16-4-2-1-3-14(16)11-17(28)20(29)27-10-9-26(12-21(27)6-7-21)19-15-5-8-23-18(15)24-13-25-19/h1-5,8,11,13H,6-7,9-10,12H2,(H2,22,30,31)(H,23,24,25). The molecule has 32 heavy (non-hydrogen) atoms. The maximum atomic E-state index is 13.6. The molecule has 0 unspecified atom stereocenters. The number of piperazine rings is 1. The first-order valence-electron chi connectivity index (χ1n) is 10.4. The zero-order valence-electron chi connectivity index (χ0n) is 17.1. The number of H-pyrrole nitrogens is 1. The number of nitrogens with one attached hydrogen (secondary N) is 1. The van der Waals surface area contributed by atoms with Gasteiger partial charge in [0.25, 0.3) is 5.91 Å². The van der Waals surface area contributed by atoms with Crippen molar-refractivity contribution >= 4 is 43.9 Å². The molecule has 1 aliphatic carbocycles. The number of anilines is 1. The van der Waals surface area contributed by atoms with Crippen LogP contribution < -0.4 is 10.0 Å². The zero-order valence-corrected chi connectivity index (χ0v) is 17.9. The lowest BCUT2D eigenvalue weighted by molar-refractivity contribution is 0.0617. The summed E-state index contributed by atoms with van der Waals surface area (Å²) in [6.45, 7) is 1.67. The van der Waals surface area contributed by atoms with Gasteiger partial charge < -0.3 is 14.8 Å². The molecule has 10 nitrogen and oxygen atoms in total. The molecule has 1 spiro atoms. The van der Waals surface area contributed by atoms with E-state index in [2.05, 4.69) is 19.9 Å². The number of amides is 1. The molecule has 1 amide bonds. The molecular weight excluding hydrogens is 430 g/mol. The quantitative estimate of drug-likeness (QED) is 0.485. The number of carbonyl (C=O) groups excluding carboxylic acids is 1. The summed E-state index contributed by atoms with van der Waals surface area (Å²) in [4.78, 5) is 29.5. The Hall–Kier alpha value is -3.44. The summed E-state index contributed by atoms with van der Waals surface area (Å²) in [5, 5.41) is 7.10. The highest BCUT2D eigenvalue weighted by molar-refractivity contribution is 7.87. The molecule has 1 saturated carbocycles. The lowest BCUT2D eigenvalue weighted by atomic mass is 10.1. The van der Waals surface area contributed by atoms with Gasteiger partial charge in [-0.1, -0.05) is 18.2 Å². The highest BCUT2D eigenvalue weighted by Crippen LogP contribution is 2.46. The minimum atomic E-state index is -4.15. The molecule has 1 aromatic carbocycles. The molecule has 0 radical (unpaired) electrons. The average molecular weight is 452 g/mol. The summed E-state index contributed by atoms with van der Waals surface area (Å²) in [7, 11) is -4.15. The number of nitrogens with two attached hydrogens (primary N) is 1. The van der Waals surface area contributed by atoms with E-state index in [0.717, 1.165) is 33.7 Å². The topological polar surface area (TPSA) is 130 Å². The van der Waals surface area contributed by atoms with E-state index >= 15 is 0 Å². The predicted octanol–water partition coefficient (Wildman–Crippen LogP) is 1.46. The number of para-hydroxylation sites is 1. The van der Waals surface area contributed by atoms with Crippen molar-refractivity contribution in [3.05, 3.63) is 54.6 Å². The third-order valence-corrected chi connectivity index (χ3v) is 7.40. The minimum Gasteiger partial charge on any atom is -0.352 e. The van der Waals surface area contributed by atoms with Gasteiger partial charge in [-0.25, -0.2) is 19.1 Å². The fraction of sp³-hybridized carbons (Fsp3) is 0.286. The van der Waals surface area contributed by atoms with Crippen LogP contribution in [-0.2, 0) is 10.2 Å². The molecule has 0 atom stereocenters. The van der Waals surface area contributed by atoms with Gasteiger partial charge in [-0.15, -0.1) is 0 Å². The molecule has 0 bridgehead atoms. The van der Waals surface area contributed by atoms with Crippen molar-refractivity contribution in [3.8, 4) is 0 Å². The Balaban J connectivity index is 1.37. The van der Waals surface area contributed by atoms with Crippen LogP contribution in [0.1, 0.15) is 23.3 Å². The van der Waals surface area contributed by atoms with Gasteiger partial charge >= 0.3 is 10.2 Å². The van der Waals surface area contributed by atoms with Crippen molar-refractivity contribution in [3.63, 3.8) is 0 Å². The molecule has 2 fully saturated rings. The number of aromatic nitrogens is 4. The Morgan fingerprint density at radius 3 is 2.72 bits per heavy atom. The first kappa shape index (κ1) is 19.3. The maximum absolute atomic E-state index is 13.6. The fourth-order valence-corrected chi connectivity index (χ4v) is 5.69. The largest absolute Gasteiger partial charge is 0.352 e. The van der Waals surface area contributed by atoms with Crippen molar-refractivity contribution < 1.29 is 13.2 Å². The van der Waals surface area contributed by atoms with E-state index in [-0.39, 0.29) is 17.1 Å². The Labute approximate surface area is 183 Å². The summed E-state index contributed by atoms with van der Waals surface area (Å²) in [6, 6.07) is 10.5. The van der Waals surface area contributed by atoms with E-state index in [4.69, 9.17) is 5.14 Å². The number of carbonyl (C=O) groups is 1. The molecule has 4 heterocycles. The number of benzene rings is 1. The third-order valence-electron chi connectivity index (χ3n) is 6.50. The molecule has 164 valence electrons. The smallest absolute Gasteiger partial charge is 0.303 e. The molecule has 1 saturated heterocycles. The number of rotatable bonds is 3. The second-order valence-electron chi connectivity index (χ2n) is 8.44. The fourth-order valence-electron chi connectivity index (χ4n) is 4.85. The molecule has 2 aliphatic rings. The van der Waals surface area contributed by atoms with Crippen LogP contribution in [0, 0.1) is 0 Å². The van der Waals surface area contributed by atoms with Gasteiger partial charge in [0.15, 0.2) is 0 Å². The summed E-state index contributed by atoms with van der Waals surface area (Å²) < 4.78 is 25.7.